The zero-order chi connectivity index (χ0) is 17.1. The van der Waals surface area contributed by atoms with Gasteiger partial charge in [0.25, 0.3) is 5.91 Å². The number of nitrogens with two attached hydrogens (primary N) is 1. The molecule has 1 rings (SSSR count). The Bertz CT molecular complexity index is 510. The molecule has 132 valence electrons. The SMILES string of the molecule is CC(N)CCNC(=O)c1cc(C(F)(F)F)cc(C(F)(F)F)c1.Cl. The molecule has 1 amide bonds. The van der Waals surface area contributed by atoms with E-state index in [1.807, 2.05) is 0 Å². The lowest BCUT2D eigenvalue weighted by atomic mass is 10.0. The molecule has 3 nitrogen and oxygen atoms in total. The van der Waals surface area contributed by atoms with E-state index in [1.165, 1.54) is 0 Å². The van der Waals surface area contributed by atoms with E-state index in [9.17, 15) is 31.1 Å². The van der Waals surface area contributed by atoms with Gasteiger partial charge in [-0.1, -0.05) is 0 Å². The number of alkyl halides is 6. The van der Waals surface area contributed by atoms with E-state index in [4.69, 9.17) is 5.73 Å². The lowest BCUT2D eigenvalue weighted by molar-refractivity contribution is -0.143. The highest BCUT2D eigenvalue weighted by molar-refractivity contribution is 5.94. The van der Waals surface area contributed by atoms with E-state index in [0.717, 1.165) is 0 Å². The van der Waals surface area contributed by atoms with Crippen LogP contribution >= 0.6 is 12.4 Å². The Balaban J connectivity index is 0.00000484. The van der Waals surface area contributed by atoms with E-state index in [2.05, 4.69) is 5.32 Å². The first-order chi connectivity index (χ1) is 9.91. The Hall–Kier alpha value is -1.48. The largest absolute Gasteiger partial charge is 0.416 e. The van der Waals surface area contributed by atoms with Crippen molar-refractivity contribution in [2.75, 3.05) is 6.54 Å². The van der Waals surface area contributed by atoms with Crippen LogP contribution in [-0.2, 0) is 12.4 Å². The van der Waals surface area contributed by atoms with Crippen LogP contribution in [0.2, 0.25) is 0 Å². The molecule has 23 heavy (non-hydrogen) atoms. The number of halogens is 7. The van der Waals surface area contributed by atoms with Crippen molar-refractivity contribution in [2.45, 2.75) is 31.7 Å². The molecule has 0 aliphatic carbocycles. The molecule has 0 aliphatic heterocycles. The van der Waals surface area contributed by atoms with Crippen LogP contribution in [0.3, 0.4) is 0 Å². The molecule has 0 radical (unpaired) electrons. The summed E-state index contributed by atoms with van der Waals surface area (Å²) < 4.78 is 75.9. The first-order valence-electron chi connectivity index (χ1n) is 6.24. The molecular weight excluding hydrogens is 350 g/mol. The molecule has 0 aliphatic rings. The highest BCUT2D eigenvalue weighted by Gasteiger charge is 2.37. The van der Waals surface area contributed by atoms with Crippen LogP contribution in [-0.4, -0.2) is 18.5 Å². The molecule has 1 atom stereocenters. The molecule has 0 spiro atoms. The minimum absolute atomic E-state index is 0. The minimum atomic E-state index is -4.98. The molecule has 0 aromatic heterocycles. The van der Waals surface area contributed by atoms with Gasteiger partial charge in [0.1, 0.15) is 0 Å². The summed E-state index contributed by atoms with van der Waals surface area (Å²) >= 11 is 0. The minimum Gasteiger partial charge on any atom is -0.352 e. The molecule has 0 saturated heterocycles. The maximum Gasteiger partial charge on any atom is 0.416 e. The van der Waals surface area contributed by atoms with Crippen molar-refractivity contribution in [3.05, 3.63) is 34.9 Å². The molecular formula is C13H15ClF6N2O. The topological polar surface area (TPSA) is 55.1 Å². The Labute approximate surface area is 134 Å². The molecule has 1 unspecified atom stereocenters. The maximum absolute atomic E-state index is 12.6. The number of hydrogen-bond donors (Lipinski definition) is 2. The summed E-state index contributed by atoms with van der Waals surface area (Å²) in [5.74, 6) is -1.02. The predicted octanol–water partition coefficient (Wildman–Crippen LogP) is 3.61. The van der Waals surface area contributed by atoms with Crippen LogP contribution in [0.25, 0.3) is 0 Å². The van der Waals surface area contributed by atoms with Gasteiger partial charge in [0.15, 0.2) is 0 Å². The van der Waals surface area contributed by atoms with E-state index >= 15 is 0 Å². The van der Waals surface area contributed by atoms with Crippen LogP contribution in [0.4, 0.5) is 26.3 Å². The summed E-state index contributed by atoms with van der Waals surface area (Å²) in [5, 5.41) is 2.23. The van der Waals surface area contributed by atoms with Gasteiger partial charge in [0.2, 0.25) is 0 Å². The van der Waals surface area contributed by atoms with Gasteiger partial charge in [-0.15, -0.1) is 12.4 Å². The van der Waals surface area contributed by atoms with E-state index < -0.39 is 35.0 Å². The molecule has 3 N–H and O–H groups in total. The Morgan fingerprint density at radius 3 is 1.87 bits per heavy atom. The van der Waals surface area contributed by atoms with Crippen molar-refractivity contribution in [1.29, 1.82) is 0 Å². The average Bonchev–Trinajstić information content (AvgIpc) is 2.35. The average molecular weight is 365 g/mol. The fourth-order valence-electron chi connectivity index (χ4n) is 1.60. The number of benzene rings is 1. The van der Waals surface area contributed by atoms with Gasteiger partial charge >= 0.3 is 12.4 Å². The number of amides is 1. The Kier molecular flexibility index (Phi) is 7.36. The number of rotatable bonds is 4. The third-order valence-corrected chi connectivity index (χ3v) is 2.74. The molecule has 10 heteroatoms. The maximum atomic E-state index is 12.6. The third kappa shape index (κ3) is 6.66. The Morgan fingerprint density at radius 1 is 1.09 bits per heavy atom. The van der Waals surface area contributed by atoms with Crippen LogP contribution in [0, 0.1) is 0 Å². The number of hydrogen-bond acceptors (Lipinski definition) is 2. The van der Waals surface area contributed by atoms with Crippen molar-refractivity contribution >= 4 is 18.3 Å². The number of carbonyl (C=O) groups excluding carboxylic acids is 1. The monoisotopic (exact) mass is 364 g/mol. The van der Waals surface area contributed by atoms with Crippen molar-refractivity contribution in [1.82, 2.24) is 5.32 Å². The van der Waals surface area contributed by atoms with Crippen LogP contribution in [0.1, 0.15) is 34.8 Å². The second-order valence-electron chi connectivity index (χ2n) is 4.82. The first kappa shape index (κ1) is 21.5. The van der Waals surface area contributed by atoms with E-state index in [1.54, 1.807) is 6.92 Å². The lowest BCUT2D eigenvalue weighted by Gasteiger charge is -2.14. The summed E-state index contributed by atoms with van der Waals surface area (Å²) in [6.07, 6.45) is -9.62. The highest BCUT2D eigenvalue weighted by Crippen LogP contribution is 2.36. The van der Waals surface area contributed by atoms with Gasteiger partial charge in [0.05, 0.1) is 11.1 Å². The van der Waals surface area contributed by atoms with E-state index in [0.29, 0.717) is 18.6 Å². The van der Waals surface area contributed by atoms with Gasteiger partial charge in [-0.05, 0) is 31.5 Å². The van der Waals surface area contributed by atoms with Crippen LogP contribution < -0.4 is 11.1 Å². The summed E-state index contributed by atoms with van der Waals surface area (Å²) in [5.41, 5.74) is 1.67. The molecule has 0 fully saturated rings. The van der Waals surface area contributed by atoms with Gasteiger partial charge in [-0.3, -0.25) is 4.79 Å². The highest BCUT2D eigenvalue weighted by atomic mass is 35.5. The molecule has 1 aromatic carbocycles. The number of carbonyl (C=O) groups is 1. The normalized spacial score (nSPS) is 13.2. The summed E-state index contributed by atoms with van der Waals surface area (Å²) in [6, 6.07) is 0.485. The zero-order valence-corrected chi connectivity index (χ0v) is 12.7. The molecule has 1 aromatic rings. The van der Waals surface area contributed by atoms with Gasteiger partial charge in [0, 0.05) is 18.2 Å². The van der Waals surface area contributed by atoms with Crippen molar-refractivity contribution < 1.29 is 31.1 Å². The summed E-state index contributed by atoms with van der Waals surface area (Å²) in [4.78, 5) is 11.7. The van der Waals surface area contributed by atoms with Gasteiger partial charge in [-0.25, -0.2) is 0 Å². The Morgan fingerprint density at radius 2 is 1.52 bits per heavy atom. The lowest BCUT2D eigenvalue weighted by Crippen LogP contribution is -2.29. The van der Waals surface area contributed by atoms with Crippen molar-refractivity contribution in [3.63, 3.8) is 0 Å². The number of nitrogens with one attached hydrogen (secondary N) is 1. The molecule has 0 saturated carbocycles. The summed E-state index contributed by atoms with van der Waals surface area (Å²) in [7, 11) is 0. The first-order valence-corrected chi connectivity index (χ1v) is 6.24. The van der Waals surface area contributed by atoms with Crippen molar-refractivity contribution in [3.8, 4) is 0 Å². The third-order valence-electron chi connectivity index (χ3n) is 2.74. The second-order valence-corrected chi connectivity index (χ2v) is 4.82. The second kappa shape index (κ2) is 7.87. The van der Waals surface area contributed by atoms with Crippen LogP contribution in [0.5, 0.6) is 0 Å². The van der Waals surface area contributed by atoms with Crippen molar-refractivity contribution in [2.24, 2.45) is 5.73 Å². The summed E-state index contributed by atoms with van der Waals surface area (Å²) in [6.45, 7) is 1.70. The fraction of sp³-hybridized carbons (Fsp3) is 0.462. The van der Waals surface area contributed by atoms with Crippen LogP contribution in [0.15, 0.2) is 18.2 Å². The molecule has 0 bridgehead atoms. The van der Waals surface area contributed by atoms with Gasteiger partial charge in [-0.2, -0.15) is 26.3 Å². The smallest absolute Gasteiger partial charge is 0.352 e. The molecule has 0 heterocycles. The quantitative estimate of drug-likeness (QED) is 0.802. The fourth-order valence-corrected chi connectivity index (χ4v) is 1.60. The predicted molar refractivity (Wildman–Crippen MR) is 74.3 cm³/mol. The van der Waals surface area contributed by atoms with Gasteiger partial charge < -0.3 is 11.1 Å². The van der Waals surface area contributed by atoms with E-state index in [-0.39, 0.29) is 31.1 Å². The standard InChI is InChI=1S/C13H14F6N2O.ClH/c1-7(20)2-3-21-11(22)8-4-9(12(14,15)16)6-10(5-8)13(17,18)19;/h4-7H,2-3,20H2,1H3,(H,21,22);1H. The zero-order valence-electron chi connectivity index (χ0n) is 11.9.